The van der Waals surface area contributed by atoms with E-state index in [1.807, 2.05) is 36.5 Å². The van der Waals surface area contributed by atoms with Gasteiger partial charge in [-0.2, -0.15) is 0 Å². The molecule has 21 heavy (non-hydrogen) atoms. The van der Waals surface area contributed by atoms with Crippen molar-refractivity contribution in [1.29, 1.82) is 0 Å². The van der Waals surface area contributed by atoms with Crippen molar-refractivity contribution < 1.29 is 4.79 Å². The van der Waals surface area contributed by atoms with Crippen LogP contribution < -0.4 is 5.32 Å². The summed E-state index contributed by atoms with van der Waals surface area (Å²) in [6.45, 7) is 11.6. The summed E-state index contributed by atoms with van der Waals surface area (Å²) in [7, 11) is -1.76. The van der Waals surface area contributed by atoms with Gasteiger partial charge in [0.15, 0.2) is 5.78 Å². The van der Waals surface area contributed by atoms with Crippen LogP contribution in [0.2, 0.25) is 18.1 Å². The first-order valence-corrected chi connectivity index (χ1v) is 10.2. The zero-order chi connectivity index (χ0) is 15.7. The molecule has 2 aromatic rings. The first-order chi connectivity index (χ1) is 9.73. The van der Waals surface area contributed by atoms with E-state index < -0.39 is 8.07 Å². The fourth-order valence-corrected chi connectivity index (χ4v) is 4.01. The number of aromatic nitrogens is 3. The second-order valence-corrected chi connectivity index (χ2v) is 12.2. The van der Waals surface area contributed by atoms with E-state index in [9.17, 15) is 4.79 Å². The van der Waals surface area contributed by atoms with Crippen molar-refractivity contribution >= 4 is 19.2 Å². The van der Waals surface area contributed by atoms with Crippen LogP contribution in [-0.4, -0.2) is 28.9 Å². The van der Waals surface area contributed by atoms with E-state index in [2.05, 4.69) is 44.2 Å². The smallest absolute Gasteiger partial charge is 0.184 e. The van der Waals surface area contributed by atoms with Gasteiger partial charge in [-0.3, -0.25) is 4.79 Å². The molecule has 0 unspecified atom stereocenters. The lowest BCUT2D eigenvalue weighted by atomic mass is 10.1. The molecule has 0 atom stereocenters. The summed E-state index contributed by atoms with van der Waals surface area (Å²) in [4.78, 5) is 12.4. The number of carbonyl (C=O) groups is 1. The summed E-state index contributed by atoms with van der Waals surface area (Å²) in [6, 6.07) is 9.34. The molecule has 5 heteroatoms. The molecule has 1 aromatic carbocycles. The zero-order valence-electron chi connectivity index (χ0n) is 13.4. The van der Waals surface area contributed by atoms with Gasteiger partial charge < -0.3 is 0 Å². The van der Waals surface area contributed by atoms with Crippen LogP contribution in [0, 0.1) is 0 Å². The molecule has 0 aliphatic heterocycles. The number of rotatable bonds is 4. The molecule has 0 fully saturated rings. The van der Waals surface area contributed by atoms with E-state index >= 15 is 0 Å². The van der Waals surface area contributed by atoms with Gasteiger partial charge in [0, 0.05) is 10.9 Å². The molecule has 112 valence electrons. The Labute approximate surface area is 127 Å². The van der Waals surface area contributed by atoms with Crippen LogP contribution >= 0.6 is 0 Å². The van der Waals surface area contributed by atoms with Gasteiger partial charge in [0.05, 0.1) is 6.20 Å². The first kappa shape index (κ1) is 15.6. The number of nitrogens with zero attached hydrogens (tertiary/aromatic N) is 3. The molecule has 0 saturated heterocycles. The third-order valence-electron chi connectivity index (χ3n) is 4.52. The van der Waals surface area contributed by atoms with Gasteiger partial charge in [-0.1, -0.05) is 69.4 Å². The molecule has 0 spiro atoms. The molecular formula is C16H23N3OSi. The van der Waals surface area contributed by atoms with Gasteiger partial charge in [-0.05, 0) is 5.04 Å². The highest BCUT2D eigenvalue weighted by atomic mass is 28.3. The van der Waals surface area contributed by atoms with Crippen LogP contribution in [0.5, 0.6) is 0 Å². The summed E-state index contributed by atoms with van der Waals surface area (Å²) >= 11 is 0. The van der Waals surface area contributed by atoms with Crippen molar-refractivity contribution in [1.82, 2.24) is 15.0 Å². The van der Waals surface area contributed by atoms with E-state index in [4.69, 9.17) is 0 Å². The van der Waals surface area contributed by atoms with Crippen molar-refractivity contribution in [2.75, 3.05) is 0 Å². The van der Waals surface area contributed by atoms with E-state index in [1.54, 1.807) is 4.68 Å². The van der Waals surface area contributed by atoms with Crippen molar-refractivity contribution in [2.45, 2.75) is 45.4 Å². The molecule has 0 radical (unpaired) electrons. The SMILES string of the molecule is CC(C)(C)[Si](C)(C)c1cnnn1CC(=O)c1ccccc1. The summed E-state index contributed by atoms with van der Waals surface area (Å²) in [5.74, 6) is 0.0704. The van der Waals surface area contributed by atoms with Crippen molar-refractivity contribution in [3.63, 3.8) is 0 Å². The van der Waals surface area contributed by atoms with Gasteiger partial charge in [-0.25, -0.2) is 4.68 Å². The monoisotopic (exact) mass is 301 g/mol. The van der Waals surface area contributed by atoms with Gasteiger partial charge in [0.25, 0.3) is 0 Å². The first-order valence-electron chi connectivity index (χ1n) is 7.21. The van der Waals surface area contributed by atoms with Crippen molar-refractivity contribution in [3.8, 4) is 0 Å². The highest BCUT2D eigenvalue weighted by Gasteiger charge is 2.40. The fourth-order valence-electron chi connectivity index (χ4n) is 2.09. The Hall–Kier alpha value is -1.75. The Kier molecular flexibility index (Phi) is 4.14. The Balaban J connectivity index is 2.28. The molecule has 0 aliphatic rings. The number of carbonyl (C=O) groups excluding carboxylic acids is 1. The van der Waals surface area contributed by atoms with Crippen LogP contribution in [0.3, 0.4) is 0 Å². The van der Waals surface area contributed by atoms with Crippen LogP contribution in [0.15, 0.2) is 36.5 Å². The number of hydrogen-bond acceptors (Lipinski definition) is 3. The second kappa shape index (κ2) is 5.56. The van der Waals surface area contributed by atoms with Crippen LogP contribution in [0.25, 0.3) is 0 Å². The summed E-state index contributed by atoms with van der Waals surface area (Å²) in [5.41, 5.74) is 0.717. The van der Waals surface area contributed by atoms with Gasteiger partial charge >= 0.3 is 0 Å². The normalized spacial score (nSPS) is 12.4. The van der Waals surface area contributed by atoms with Crippen LogP contribution in [0.1, 0.15) is 31.1 Å². The quantitative estimate of drug-likeness (QED) is 0.644. The van der Waals surface area contributed by atoms with E-state index in [0.717, 1.165) is 5.32 Å². The highest BCUT2D eigenvalue weighted by Crippen LogP contribution is 2.35. The second-order valence-electron chi connectivity index (χ2n) is 6.94. The average Bonchev–Trinajstić information content (AvgIpc) is 2.87. The fraction of sp³-hybridized carbons (Fsp3) is 0.438. The Morgan fingerprint density at radius 2 is 1.81 bits per heavy atom. The molecule has 0 bridgehead atoms. The number of benzene rings is 1. The Morgan fingerprint density at radius 1 is 1.19 bits per heavy atom. The largest absolute Gasteiger partial charge is 0.292 e. The third kappa shape index (κ3) is 3.13. The maximum absolute atomic E-state index is 12.4. The molecule has 2 rings (SSSR count). The predicted molar refractivity (Wildman–Crippen MR) is 87.6 cm³/mol. The predicted octanol–water partition coefficient (Wildman–Crippen LogP) is 2.88. The molecule has 0 amide bonds. The van der Waals surface area contributed by atoms with E-state index in [0.29, 0.717) is 5.56 Å². The number of Topliss-reactive ketones (excluding diaryl/α,β-unsaturated/α-hetero) is 1. The minimum Gasteiger partial charge on any atom is -0.292 e. The van der Waals surface area contributed by atoms with E-state index in [-0.39, 0.29) is 17.4 Å². The van der Waals surface area contributed by atoms with Crippen molar-refractivity contribution in [3.05, 3.63) is 42.1 Å². The summed E-state index contributed by atoms with van der Waals surface area (Å²) in [5, 5.41) is 9.49. The average molecular weight is 301 g/mol. The third-order valence-corrected chi connectivity index (χ3v) is 9.94. The zero-order valence-corrected chi connectivity index (χ0v) is 14.4. The van der Waals surface area contributed by atoms with Crippen LogP contribution in [-0.2, 0) is 6.54 Å². The molecule has 0 saturated carbocycles. The topological polar surface area (TPSA) is 47.8 Å². The van der Waals surface area contributed by atoms with Gasteiger partial charge in [-0.15, -0.1) is 5.10 Å². The molecule has 0 N–H and O–H groups in total. The highest BCUT2D eigenvalue weighted by molar-refractivity contribution is 6.91. The Morgan fingerprint density at radius 3 is 2.38 bits per heavy atom. The minimum absolute atomic E-state index is 0.0704. The summed E-state index contributed by atoms with van der Waals surface area (Å²) in [6.07, 6.45) is 1.83. The van der Waals surface area contributed by atoms with Gasteiger partial charge in [0.1, 0.15) is 14.6 Å². The molecule has 4 nitrogen and oxygen atoms in total. The van der Waals surface area contributed by atoms with Gasteiger partial charge in [0.2, 0.25) is 0 Å². The number of hydrogen-bond donors (Lipinski definition) is 0. The molecular weight excluding hydrogens is 278 g/mol. The lowest BCUT2D eigenvalue weighted by Crippen LogP contribution is -2.53. The molecule has 0 aliphatic carbocycles. The maximum atomic E-state index is 12.4. The Bertz CT molecular complexity index is 626. The molecule has 1 aromatic heterocycles. The van der Waals surface area contributed by atoms with Crippen LogP contribution in [0.4, 0.5) is 0 Å². The lowest BCUT2D eigenvalue weighted by molar-refractivity contribution is 0.0968. The minimum atomic E-state index is -1.76. The lowest BCUT2D eigenvalue weighted by Gasteiger charge is -2.36. The standard InChI is InChI=1S/C16H23N3OSi/c1-16(2,3)21(4,5)15-11-17-18-19(15)12-14(20)13-9-7-6-8-10-13/h6-11H,12H2,1-5H3. The maximum Gasteiger partial charge on any atom is 0.184 e. The van der Waals surface area contributed by atoms with Crippen molar-refractivity contribution in [2.24, 2.45) is 0 Å². The molecule has 1 heterocycles. The van der Waals surface area contributed by atoms with E-state index in [1.165, 1.54) is 0 Å². The summed E-state index contributed by atoms with van der Waals surface area (Å²) < 4.78 is 1.78. The number of ketones is 1.